The number of carbonyl (C=O) groups is 1. The molecule has 1 fully saturated rings. The molecule has 1 atom stereocenters. The maximum Gasteiger partial charge on any atom is 0.254 e. The molecule has 17 heavy (non-hydrogen) atoms. The zero-order valence-corrected chi connectivity index (χ0v) is 11.3. The molecule has 4 nitrogen and oxygen atoms in total. The normalized spacial score (nSPS) is 19.8. The summed E-state index contributed by atoms with van der Waals surface area (Å²) in [4.78, 5) is 13.8. The smallest absolute Gasteiger partial charge is 0.254 e. The predicted octanol–water partition coefficient (Wildman–Crippen LogP) is 1.66. The summed E-state index contributed by atoms with van der Waals surface area (Å²) in [5.74, 6) is -0.0351. The van der Waals surface area contributed by atoms with Crippen molar-refractivity contribution in [1.82, 2.24) is 4.90 Å². The summed E-state index contributed by atoms with van der Waals surface area (Å²) >= 11 is 2.17. The average Bonchev–Trinajstić information content (AvgIpc) is 2.38. The number of benzene rings is 1. The lowest BCUT2D eigenvalue weighted by Crippen LogP contribution is -2.45. The van der Waals surface area contributed by atoms with E-state index in [0.29, 0.717) is 25.3 Å². The summed E-state index contributed by atoms with van der Waals surface area (Å²) in [5, 5.41) is 8.79. The van der Waals surface area contributed by atoms with Crippen LogP contribution >= 0.6 is 22.6 Å². The second kappa shape index (κ2) is 5.47. The SMILES string of the molecule is N#CC1CN(C(=O)c2cccc(I)c2)CCO1. The van der Waals surface area contributed by atoms with Crippen LogP contribution in [0.1, 0.15) is 10.4 Å². The number of morpholine rings is 1. The van der Waals surface area contributed by atoms with Gasteiger partial charge in [-0.05, 0) is 40.8 Å². The summed E-state index contributed by atoms with van der Waals surface area (Å²) in [7, 11) is 0. The third kappa shape index (κ3) is 2.96. The van der Waals surface area contributed by atoms with E-state index in [2.05, 4.69) is 22.6 Å². The van der Waals surface area contributed by atoms with Crippen molar-refractivity contribution in [3.63, 3.8) is 0 Å². The quantitative estimate of drug-likeness (QED) is 0.730. The Morgan fingerprint density at radius 1 is 1.59 bits per heavy atom. The van der Waals surface area contributed by atoms with E-state index in [1.807, 2.05) is 24.3 Å². The Labute approximate surface area is 113 Å². The topological polar surface area (TPSA) is 53.3 Å². The van der Waals surface area contributed by atoms with Crippen molar-refractivity contribution in [3.05, 3.63) is 33.4 Å². The van der Waals surface area contributed by atoms with E-state index in [9.17, 15) is 4.79 Å². The number of nitriles is 1. The second-order valence-corrected chi connectivity index (χ2v) is 5.00. The monoisotopic (exact) mass is 342 g/mol. The van der Waals surface area contributed by atoms with Crippen LogP contribution in [0.3, 0.4) is 0 Å². The van der Waals surface area contributed by atoms with Gasteiger partial charge in [0.15, 0.2) is 6.10 Å². The van der Waals surface area contributed by atoms with Gasteiger partial charge in [0, 0.05) is 15.7 Å². The molecule has 0 radical (unpaired) electrons. The fourth-order valence-corrected chi connectivity index (χ4v) is 2.26. The molecule has 0 aromatic heterocycles. The van der Waals surface area contributed by atoms with Gasteiger partial charge in [0.25, 0.3) is 5.91 Å². The van der Waals surface area contributed by atoms with Crippen molar-refractivity contribution >= 4 is 28.5 Å². The van der Waals surface area contributed by atoms with Gasteiger partial charge in [-0.15, -0.1) is 0 Å². The molecule has 0 spiro atoms. The van der Waals surface area contributed by atoms with Crippen molar-refractivity contribution < 1.29 is 9.53 Å². The zero-order chi connectivity index (χ0) is 12.3. The Bertz CT molecular complexity index is 470. The summed E-state index contributed by atoms with van der Waals surface area (Å²) in [5.41, 5.74) is 0.662. The van der Waals surface area contributed by atoms with Crippen LogP contribution in [0.2, 0.25) is 0 Å². The van der Waals surface area contributed by atoms with E-state index < -0.39 is 6.10 Å². The number of ether oxygens (including phenoxy) is 1. The molecule has 1 aromatic carbocycles. The molecule has 1 aromatic rings. The van der Waals surface area contributed by atoms with Gasteiger partial charge in [-0.1, -0.05) is 6.07 Å². The summed E-state index contributed by atoms with van der Waals surface area (Å²) in [6.45, 7) is 1.32. The number of carbonyl (C=O) groups excluding carboxylic acids is 1. The van der Waals surface area contributed by atoms with Crippen LogP contribution in [0.5, 0.6) is 0 Å². The van der Waals surface area contributed by atoms with Crippen molar-refractivity contribution in [2.24, 2.45) is 0 Å². The van der Waals surface area contributed by atoms with Crippen LogP contribution in [-0.2, 0) is 4.74 Å². The molecule has 0 bridgehead atoms. The molecule has 88 valence electrons. The molecule has 2 rings (SSSR count). The highest BCUT2D eigenvalue weighted by atomic mass is 127. The summed E-state index contributed by atoms with van der Waals surface area (Å²) in [6, 6.07) is 9.47. The fourth-order valence-electron chi connectivity index (χ4n) is 1.72. The van der Waals surface area contributed by atoms with Crippen molar-refractivity contribution in [1.29, 1.82) is 5.26 Å². The Morgan fingerprint density at radius 3 is 3.12 bits per heavy atom. The molecule has 1 amide bonds. The second-order valence-electron chi connectivity index (χ2n) is 3.75. The molecule has 1 aliphatic rings. The van der Waals surface area contributed by atoms with Crippen LogP contribution in [-0.4, -0.2) is 36.6 Å². The van der Waals surface area contributed by atoms with Gasteiger partial charge < -0.3 is 9.64 Å². The van der Waals surface area contributed by atoms with E-state index >= 15 is 0 Å². The Morgan fingerprint density at radius 2 is 2.41 bits per heavy atom. The third-order valence-electron chi connectivity index (χ3n) is 2.57. The molecule has 0 saturated carbocycles. The van der Waals surface area contributed by atoms with E-state index in [-0.39, 0.29) is 5.91 Å². The first-order valence-corrected chi connectivity index (χ1v) is 6.34. The van der Waals surface area contributed by atoms with Crippen molar-refractivity contribution in [3.8, 4) is 6.07 Å². The standard InChI is InChI=1S/C12H11IN2O2/c13-10-3-1-2-9(6-10)12(16)15-4-5-17-11(7-14)8-15/h1-3,6,11H,4-5,8H2. The van der Waals surface area contributed by atoms with Crippen LogP contribution in [0.25, 0.3) is 0 Å². The zero-order valence-electron chi connectivity index (χ0n) is 9.10. The Balaban J connectivity index is 2.12. The fraction of sp³-hybridized carbons (Fsp3) is 0.333. The number of amides is 1. The minimum absolute atomic E-state index is 0.0351. The number of nitrogens with zero attached hydrogens (tertiary/aromatic N) is 2. The molecule has 1 saturated heterocycles. The van der Waals surface area contributed by atoms with E-state index in [4.69, 9.17) is 10.00 Å². The third-order valence-corrected chi connectivity index (χ3v) is 3.24. The van der Waals surface area contributed by atoms with Gasteiger partial charge in [0.1, 0.15) is 0 Å². The van der Waals surface area contributed by atoms with Gasteiger partial charge in [-0.2, -0.15) is 5.26 Å². The lowest BCUT2D eigenvalue weighted by atomic mass is 10.2. The highest BCUT2D eigenvalue weighted by Gasteiger charge is 2.24. The number of halogens is 1. The highest BCUT2D eigenvalue weighted by molar-refractivity contribution is 14.1. The van der Waals surface area contributed by atoms with Gasteiger partial charge >= 0.3 is 0 Å². The summed E-state index contributed by atoms with van der Waals surface area (Å²) in [6.07, 6.45) is -0.504. The summed E-state index contributed by atoms with van der Waals surface area (Å²) < 4.78 is 6.24. The van der Waals surface area contributed by atoms with Gasteiger partial charge in [0.2, 0.25) is 0 Å². The lowest BCUT2D eigenvalue weighted by Gasteiger charge is -2.29. The molecule has 0 N–H and O–H groups in total. The van der Waals surface area contributed by atoms with Gasteiger partial charge in [0.05, 0.1) is 19.2 Å². The molecular formula is C12H11IN2O2. The van der Waals surface area contributed by atoms with Crippen LogP contribution < -0.4 is 0 Å². The maximum absolute atomic E-state index is 12.2. The Kier molecular flexibility index (Phi) is 3.97. The minimum Gasteiger partial charge on any atom is -0.360 e. The molecule has 5 heteroatoms. The highest BCUT2D eigenvalue weighted by Crippen LogP contribution is 2.13. The predicted molar refractivity (Wildman–Crippen MR) is 70.4 cm³/mol. The molecule has 1 unspecified atom stereocenters. The first-order valence-electron chi connectivity index (χ1n) is 5.27. The minimum atomic E-state index is -0.504. The number of hydrogen-bond acceptors (Lipinski definition) is 3. The van der Waals surface area contributed by atoms with Crippen molar-refractivity contribution in [2.75, 3.05) is 19.7 Å². The Hall–Kier alpha value is -1.13. The van der Waals surface area contributed by atoms with E-state index in [0.717, 1.165) is 3.57 Å². The average molecular weight is 342 g/mol. The largest absolute Gasteiger partial charge is 0.360 e. The molecular weight excluding hydrogens is 331 g/mol. The van der Waals surface area contributed by atoms with Crippen LogP contribution in [0.4, 0.5) is 0 Å². The maximum atomic E-state index is 12.2. The van der Waals surface area contributed by atoms with Crippen LogP contribution in [0.15, 0.2) is 24.3 Å². The van der Waals surface area contributed by atoms with Gasteiger partial charge in [-0.3, -0.25) is 4.79 Å². The van der Waals surface area contributed by atoms with E-state index in [1.165, 1.54) is 0 Å². The van der Waals surface area contributed by atoms with Crippen LogP contribution in [0, 0.1) is 14.9 Å². The first-order chi connectivity index (χ1) is 8.20. The molecule has 0 aliphatic carbocycles. The molecule has 1 aliphatic heterocycles. The number of hydrogen-bond donors (Lipinski definition) is 0. The van der Waals surface area contributed by atoms with Gasteiger partial charge in [-0.25, -0.2) is 0 Å². The van der Waals surface area contributed by atoms with E-state index in [1.54, 1.807) is 11.0 Å². The number of rotatable bonds is 1. The first kappa shape index (κ1) is 12.3. The lowest BCUT2D eigenvalue weighted by molar-refractivity contribution is 0.00346. The molecule has 1 heterocycles. The van der Waals surface area contributed by atoms with Crippen molar-refractivity contribution in [2.45, 2.75) is 6.10 Å².